The maximum absolute atomic E-state index is 9.55. The summed E-state index contributed by atoms with van der Waals surface area (Å²) in [5.41, 5.74) is -0.792. The van der Waals surface area contributed by atoms with Gasteiger partial charge in [-0.05, 0) is 0 Å². The Balaban J connectivity index is 2.48. The van der Waals surface area contributed by atoms with E-state index in [1.807, 2.05) is 0 Å². The molecule has 0 saturated carbocycles. The van der Waals surface area contributed by atoms with E-state index in [1.54, 1.807) is 0 Å². The van der Waals surface area contributed by atoms with Crippen molar-refractivity contribution in [2.75, 3.05) is 20.1 Å². The summed E-state index contributed by atoms with van der Waals surface area (Å²) in [7, 11) is 2.12. The standard InChI is InChI=1S/C8H13NO/c1-3-8(10)4-6-9(2)7-5-8/h1,10H,4-7H2,2H3/p+1. The van der Waals surface area contributed by atoms with Gasteiger partial charge < -0.3 is 10.0 Å². The zero-order valence-electron chi connectivity index (χ0n) is 6.35. The summed E-state index contributed by atoms with van der Waals surface area (Å²) in [6, 6.07) is 0. The number of likely N-dealkylation sites (tertiary alicyclic amines) is 1. The molecule has 56 valence electrons. The molecule has 2 heteroatoms. The zero-order valence-corrected chi connectivity index (χ0v) is 6.35. The van der Waals surface area contributed by atoms with Crippen molar-refractivity contribution >= 4 is 0 Å². The third-order valence-corrected chi connectivity index (χ3v) is 2.20. The molecule has 1 saturated heterocycles. The van der Waals surface area contributed by atoms with E-state index in [0.29, 0.717) is 0 Å². The number of quaternary nitrogens is 1. The van der Waals surface area contributed by atoms with Gasteiger partial charge in [0.1, 0.15) is 5.60 Å². The quantitative estimate of drug-likeness (QED) is 0.400. The van der Waals surface area contributed by atoms with Gasteiger partial charge in [0.05, 0.1) is 20.1 Å². The van der Waals surface area contributed by atoms with Gasteiger partial charge in [0.25, 0.3) is 0 Å². The summed E-state index contributed by atoms with van der Waals surface area (Å²) < 4.78 is 0. The van der Waals surface area contributed by atoms with Crippen molar-refractivity contribution in [1.29, 1.82) is 0 Å². The fraction of sp³-hybridized carbons (Fsp3) is 0.750. The smallest absolute Gasteiger partial charge is 0.135 e. The van der Waals surface area contributed by atoms with Crippen molar-refractivity contribution in [3.63, 3.8) is 0 Å². The van der Waals surface area contributed by atoms with E-state index in [0.717, 1.165) is 25.9 Å². The Morgan fingerprint density at radius 3 is 2.40 bits per heavy atom. The lowest BCUT2D eigenvalue weighted by molar-refractivity contribution is -0.886. The van der Waals surface area contributed by atoms with Crippen molar-refractivity contribution < 1.29 is 10.0 Å². The van der Waals surface area contributed by atoms with Crippen molar-refractivity contribution in [3.8, 4) is 12.3 Å². The molecule has 2 nitrogen and oxygen atoms in total. The van der Waals surface area contributed by atoms with Crippen LogP contribution in [0.5, 0.6) is 0 Å². The molecule has 1 heterocycles. The van der Waals surface area contributed by atoms with E-state index < -0.39 is 5.60 Å². The van der Waals surface area contributed by atoms with Crippen molar-refractivity contribution in [1.82, 2.24) is 0 Å². The van der Waals surface area contributed by atoms with Crippen LogP contribution in [0.3, 0.4) is 0 Å². The van der Waals surface area contributed by atoms with Gasteiger partial charge >= 0.3 is 0 Å². The van der Waals surface area contributed by atoms with E-state index in [9.17, 15) is 5.11 Å². The van der Waals surface area contributed by atoms with Crippen LogP contribution in [0.15, 0.2) is 0 Å². The lowest BCUT2D eigenvalue weighted by atomic mass is 9.93. The number of rotatable bonds is 0. The molecular formula is C8H14NO+. The van der Waals surface area contributed by atoms with Crippen molar-refractivity contribution in [2.45, 2.75) is 18.4 Å². The van der Waals surface area contributed by atoms with Gasteiger partial charge in [-0.3, -0.25) is 0 Å². The van der Waals surface area contributed by atoms with Crippen LogP contribution in [0.25, 0.3) is 0 Å². The van der Waals surface area contributed by atoms with Gasteiger partial charge in [-0.2, -0.15) is 0 Å². The van der Waals surface area contributed by atoms with Crippen LogP contribution in [0.2, 0.25) is 0 Å². The fourth-order valence-corrected chi connectivity index (χ4v) is 1.23. The molecule has 1 fully saturated rings. The van der Waals surface area contributed by atoms with Crippen LogP contribution in [-0.4, -0.2) is 30.8 Å². The number of terminal acetylenes is 1. The first-order chi connectivity index (χ1) is 4.66. The van der Waals surface area contributed by atoms with E-state index >= 15 is 0 Å². The largest absolute Gasteiger partial charge is 0.377 e. The lowest BCUT2D eigenvalue weighted by Crippen LogP contribution is -3.10. The molecule has 2 N–H and O–H groups in total. The van der Waals surface area contributed by atoms with Gasteiger partial charge in [0, 0.05) is 12.8 Å². The van der Waals surface area contributed by atoms with Gasteiger partial charge in [-0.1, -0.05) is 5.92 Å². The van der Waals surface area contributed by atoms with Crippen molar-refractivity contribution in [3.05, 3.63) is 0 Å². The highest BCUT2D eigenvalue weighted by Crippen LogP contribution is 2.13. The normalized spacial score (nSPS) is 40.7. The molecule has 0 aromatic heterocycles. The highest BCUT2D eigenvalue weighted by molar-refractivity contribution is 5.07. The summed E-state index contributed by atoms with van der Waals surface area (Å²) in [6.45, 7) is 1.97. The molecular weight excluding hydrogens is 126 g/mol. The Bertz CT molecular complexity index is 151. The summed E-state index contributed by atoms with van der Waals surface area (Å²) in [5.74, 6) is 2.44. The monoisotopic (exact) mass is 140 g/mol. The molecule has 1 aliphatic heterocycles. The van der Waals surface area contributed by atoms with Gasteiger partial charge in [0.2, 0.25) is 0 Å². The highest BCUT2D eigenvalue weighted by Gasteiger charge is 2.30. The zero-order chi connectivity index (χ0) is 7.61. The second-order valence-corrected chi connectivity index (χ2v) is 3.13. The predicted molar refractivity (Wildman–Crippen MR) is 39.6 cm³/mol. The van der Waals surface area contributed by atoms with Crippen molar-refractivity contribution in [2.24, 2.45) is 0 Å². The second kappa shape index (κ2) is 2.61. The second-order valence-electron chi connectivity index (χ2n) is 3.13. The minimum atomic E-state index is -0.792. The van der Waals surface area contributed by atoms with E-state index in [-0.39, 0.29) is 0 Å². The highest BCUT2D eigenvalue weighted by atomic mass is 16.3. The topological polar surface area (TPSA) is 24.7 Å². The molecule has 0 unspecified atom stereocenters. The fourth-order valence-electron chi connectivity index (χ4n) is 1.23. The summed E-state index contributed by atoms with van der Waals surface area (Å²) in [5, 5.41) is 9.55. The molecule has 0 spiro atoms. The molecule has 0 aromatic carbocycles. The Hall–Kier alpha value is -0.520. The maximum Gasteiger partial charge on any atom is 0.135 e. The molecule has 0 bridgehead atoms. The third-order valence-electron chi connectivity index (χ3n) is 2.20. The average molecular weight is 140 g/mol. The van der Waals surface area contributed by atoms with E-state index in [4.69, 9.17) is 6.42 Å². The lowest BCUT2D eigenvalue weighted by Gasteiger charge is -2.29. The summed E-state index contributed by atoms with van der Waals surface area (Å²) >= 11 is 0. The first-order valence-corrected chi connectivity index (χ1v) is 3.68. The Morgan fingerprint density at radius 1 is 1.50 bits per heavy atom. The maximum atomic E-state index is 9.55. The van der Waals surface area contributed by atoms with Crippen LogP contribution in [0.4, 0.5) is 0 Å². The first-order valence-electron chi connectivity index (χ1n) is 3.68. The molecule has 0 aromatic rings. The summed E-state index contributed by atoms with van der Waals surface area (Å²) in [4.78, 5) is 1.46. The number of aliphatic hydroxyl groups is 1. The number of hydrogen-bond acceptors (Lipinski definition) is 1. The minimum Gasteiger partial charge on any atom is -0.377 e. The van der Waals surface area contributed by atoms with E-state index in [2.05, 4.69) is 13.0 Å². The SMILES string of the molecule is C#CC1(O)CC[NH+](C)CC1. The number of hydrogen-bond donors (Lipinski definition) is 2. The molecule has 0 atom stereocenters. The first kappa shape index (κ1) is 7.59. The third kappa shape index (κ3) is 1.50. The van der Waals surface area contributed by atoms with Gasteiger partial charge in [-0.15, -0.1) is 6.42 Å². The van der Waals surface area contributed by atoms with Gasteiger partial charge in [-0.25, -0.2) is 0 Å². The average Bonchev–Trinajstić information content (AvgIpc) is 1.96. The minimum absolute atomic E-state index is 0.745. The summed E-state index contributed by atoms with van der Waals surface area (Å²) in [6.07, 6.45) is 6.66. The van der Waals surface area contributed by atoms with Crippen LogP contribution < -0.4 is 4.90 Å². The molecule has 0 aliphatic carbocycles. The molecule has 1 rings (SSSR count). The number of nitrogens with one attached hydrogen (secondary N) is 1. The Morgan fingerprint density at radius 2 is 2.00 bits per heavy atom. The molecule has 0 amide bonds. The van der Waals surface area contributed by atoms with Gasteiger partial charge in [0.15, 0.2) is 0 Å². The molecule has 10 heavy (non-hydrogen) atoms. The Kier molecular flexibility index (Phi) is 1.98. The van der Waals surface area contributed by atoms with Crippen LogP contribution in [0, 0.1) is 12.3 Å². The molecule has 1 aliphatic rings. The predicted octanol–water partition coefficient (Wildman–Crippen LogP) is -1.34. The Labute approximate surface area is 61.8 Å². The van der Waals surface area contributed by atoms with Crippen LogP contribution >= 0.6 is 0 Å². The molecule has 0 radical (unpaired) electrons. The van der Waals surface area contributed by atoms with E-state index in [1.165, 1.54) is 4.90 Å². The van der Waals surface area contributed by atoms with Crippen LogP contribution in [0.1, 0.15) is 12.8 Å². The van der Waals surface area contributed by atoms with Crippen LogP contribution in [-0.2, 0) is 0 Å². The number of piperidine rings is 1.